The molecule has 3 aromatic rings. The van der Waals surface area contributed by atoms with E-state index in [1.54, 1.807) is 4.90 Å². The van der Waals surface area contributed by atoms with Gasteiger partial charge >= 0.3 is 0 Å². The fraction of sp³-hybridized carbons (Fsp3) is 0.286. The largest absolute Gasteiger partial charge is 0.494 e. The normalized spacial score (nSPS) is 11.4. The first-order chi connectivity index (χ1) is 16.2. The number of rotatable bonds is 12. The third-order valence-corrected chi connectivity index (χ3v) is 5.36. The summed E-state index contributed by atoms with van der Waals surface area (Å²) in [5, 5.41) is 2.92. The first-order valence-electron chi connectivity index (χ1n) is 11.5. The van der Waals surface area contributed by atoms with Crippen molar-refractivity contribution in [3.05, 3.63) is 102 Å². The number of carbonyl (C=O) groups excluding carboxylic acids is 2. The molecule has 1 atom stereocenters. The second kappa shape index (κ2) is 13.1. The fourth-order valence-corrected chi connectivity index (χ4v) is 3.70. The van der Waals surface area contributed by atoms with Crippen molar-refractivity contribution in [2.24, 2.45) is 0 Å². The van der Waals surface area contributed by atoms with E-state index in [0.717, 1.165) is 16.9 Å². The number of carbonyl (C=O) groups is 2. The summed E-state index contributed by atoms with van der Waals surface area (Å²) >= 11 is 0. The van der Waals surface area contributed by atoms with Crippen molar-refractivity contribution in [3.8, 4) is 5.75 Å². The van der Waals surface area contributed by atoms with Gasteiger partial charge in [0.05, 0.1) is 6.61 Å². The quantitative estimate of drug-likeness (QED) is 0.415. The molecule has 0 aliphatic rings. The van der Waals surface area contributed by atoms with E-state index >= 15 is 0 Å². The highest BCUT2D eigenvalue weighted by Crippen LogP contribution is 2.17. The van der Waals surface area contributed by atoms with Crippen LogP contribution in [0.15, 0.2) is 91.0 Å². The monoisotopic (exact) mass is 444 g/mol. The van der Waals surface area contributed by atoms with Gasteiger partial charge in [0.1, 0.15) is 11.8 Å². The topological polar surface area (TPSA) is 58.6 Å². The molecule has 0 saturated carbocycles. The van der Waals surface area contributed by atoms with Crippen LogP contribution in [0.2, 0.25) is 0 Å². The average molecular weight is 445 g/mol. The van der Waals surface area contributed by atoms with Crippen LogP contribution >= 0.6 is 0 Å². The summed E-state index contributed by atoms with van der Waals surface area (Å²) in [5.41, 5.74) is 2.01. The van der Waals surface area contributed by atoms with Crippen LogP contribution in [-0.4, -0.2) is 35.9 Å². The molecule has 0 heterocycles. The van der Waals surface area contributed by atoms with Crippen molar-refractivity contribution in [3.63, 3.8) is 0 Å². The van der Waals surface area contributed by atoms with E-state index in [2.05, 4.69) is 5.32 Å². The van der Waals surface area contributed by atoms with Crippen molar-refractivity contribution in [2.45, 2.75) is 38.8 Å². The molecule has 0 fully saturated rings. The lowest BCUT2D eigenvalue weighted by Gasteiger charge is -2.31. The lowest BCUT2D eigenvalue weighted by molar-refractivity contribution is -0.141. The van der Waals surface area contributed by atoms with Crippen LogP contribution in [0.5, 0.6) is 5.75 Å². The van der Waals surface area contributed by atoms with E-state index in [0.29, 0.717) is 39.0 Å². The molecule has 172 valence electrons. The standard InChI is InChI=1S/C28H32N2O3/c1-2-29-28(32)26(21-23-13-6-3-7-14-23)30(22-24-15-8-4-9-16-24)27(31)19-12-20-33-25-17-10-5-11-18-25/h3-11,13-18,26H,2,12,19-22H2,1H3,(H,29,32). The van der Waals surface area contributed by atoms with Gasteiger partial charge in [0.15, 0.2) is 0 Å². The predicted molar refractivity (Wildman–Crippen MR) is 131 cm³/mol. The zero-order chi connectivity index (χ0) is 23.3. The highest BCUT2D eigenvalue weighted by Gasteiger charge is 2.29. The fourth-order valence-electron chi connectivity index (χ4n) is 3.70. The molecule has 0 radical (unpaired) electrons. The SMILES string of the molecule is CCNC(=O)C(Cc1ccccc1)N(Cc1ccccc1)C(=O)CCCOc1ccccc1. The molecule has 1 unspecified atom stereocenters. The third kappa shape index (κ3) is 7.79. The summed E-state index contributed by atoms with van der Waals surface area (Å²) in [5.74, 6) is 0.601. The van der Waals surface area contributed by atoms with Gasteiger partial charge in [-0.15, -0.1) is 0 Å². The molecular formula is C28H32N2O3. The van der Waals surface area contributed by atoms with Crippen LogP contribution in [0.1, 0.15) is 30.9 Å². The van der Waals surface area contributed by atoms with Crippen LogP contribution in [0.3, 0.4) is 0 Å². The van der Waals surface area contributed by atoms with Gasteiger partial charge in [0.2, 0.25) is 11.8 Å². The maximum absolute atomic E-state index is 13.4. The molecule has 0 bridgehead atoms. The number of nitrogens with one attached hydrogen (secondary N) is 1. The van der Waals surface area contributed by atoms with Crippen molar-refractivity contribution in [1.82, 2.24) is 10.2 Å². The Morgan fingerprint density at radius 2 is 1.42 bits per heavy atom. The minimum Gasteiger partial charge on any atom is -0.494 e. The van der Waals surface area contributed by atoms with Crippen molar-refractivity contribution < 1.29 is 14.3 Å². The van der Waals surface area contributed by atoms with E-state index in [4.69, 9.17) is 4.74 Å². The van der Waals surface area contributed by atoms with Gasteiger partial charge in [-0.25, -0.2) is 0 Å². The molecular weight excluding hydrogens is 412 g/mol. The van der Waals surface area contributed by atoms with Crippen molar-refractivity contribution in [1.29, 1.82) is 0 Å². The summed E-state index contributed by atoms with van der Waals surface area (Å²) in [6, 6.07) is 28.6. The Morgan fingerprint density at radius 1 is 0.848 bits per heavy atom. The summed E-state index contributed by atoms with van der Waals surface area (Å²) in [6.45, 7) is 3.23. The number of nitrogens with zero attached hydrogens (tertiary/aromatic N) is 1. The molecule has 0 saturated heterocycles. The van der Waals surface area contributed by atoms with Crippen molar-refractivity contribution in [2.75, 3.05) is 13.2 Å². The molecule has 3 aromatic carbocycles. The minimum absolute atomic E-state index is 0.0531. The van der Waals surface area contributed by atoms with Gasteiger partial charge < -0.3 is 15.0 Å². The van der Waals surface area contributed by atoms with E-state index < -0.39 is 6.04 Å². The minimum atomic E-state index is -0.588. The first-order valence-corrected chi connectivity index (χ1v) is 11.5. The molecule has 0 aliphatic carbocycles. The lowest BCUT2D eigenvalue weighted by Crippen LogP contribution is -2.50. The van der Waals surface area contributed by atoms with Gasteiger partial charge in [0, 0.05) is 25.9 Å². The van der Waals surface area contributed by atoms with E-state index in [-0.39, 0.29) is 11.8 Å². The van der Waals surface area contributed by atoms with Gasteiger partial charge in [-0.05, 0) is 36.6 Å². The second-order valence-corrected chi connectivity index (χ2v) is 7.87. The number of likely N-dealkylation sites (N-methyl/N-ethyl adjacent to an activating group) is 1. The molecule has 33 heavy (non-hydrogen) atoms. The molecule has 0 aromatic heterocycles. The maximum atomic E-state index is 13.4. The Morgan fingerprint density at radius 3 is 2.03 bits per heavy atom. The molecule has 5 heteroatoms. The Kier molecular flexibility index (Phi) is 9.52. The summed E-state index contributed by atoms with van der Waals surface area (Å²) in [6.07, 6.45) is 1.35. The van der Waals surface area contributed by atoms with Gasteiger partial charge in [-0.1, -0.05) is 78.9 Å². The Bertz CT molecular complexity index is 978. The number of amides is 2. The Labute approximate surface area is 196 Å². The van der Waals surface area contributed by atoms with E-state index in [1.165, 1.54) is 0 Å². The molecule has 5 nitrogen and oxygen atoms in total. The molecule has 0 aliphatic heterocycles. The zero-order valence-electron chi connectivity index (χ0n) is 19.2. The second-order valence-electron chi connectivity index (χ2n) is 7.87. The maximum Gasteiger partial charge on any atom is 0.243 e. The number of para-hydroxylation sites is 1. The number of hydrogen-bond donors (Lipinski definition) is 1. The number of hydrogen-bond acceptors (Lipinski definition) is 3. The Hall–Kier alpha value is -3.60. The van der Waals surface area contributed by atoms with Gasteiger partial charge in [0.25, 0.3) is 0 Å². The zero-order valence-corrected chi connectivity index (χ0v) is 19.2. The summed E-state index contributed by atoms with van der Waals surface area (Å²) in [7, 11) is 0. The smallest absolute Gasteiger partial charge is 0.243 e. The van der Waals surface area contributed by atoms with E-state index in [9.17, 15) is 9.59 Å². The molecule has 3 rings (SSSR count). The van der Waals surface area contributed by atoms with Crippen LogP contribution in [0, 0.1) is 0 Å². The number of ether oxygens (including phenoxy) is 1. The summed E-state index contributed by atoms with van der Waals surface area (Å²) in [4.78, 5) is 28.2. The van der Waals surface area contributed by atoms with Crippen LogP contribution in [-0.2, 0) is 22.6 Å². The first kappa shape index (κ1) is 24.1. The average Bonchev–Trinajstić information content (AvgIpc) is 2.86. The predicted octanol–water partition coefficient (Wildman–Crippen LogP) is 4.62. The number of benzene rings is 3. The molecule has 2 amide bonds. The Balaban J connectivity index is 1.74. The summed E-state index contributed by atoms with van der Waals surface area (Å²) < 4.78 is 5.75. The van der Waals surface area contributed by atoms with Gasteiger partial charge in [-0.3, -0.25) is 9.59 Å². The lowest BCUT2D eigenvalue weighted by atomic mass is 10.0. The highest BCUT2D eigenvalue weighted by atomic mass is 16.5. The van der Waals surface area contributed by atoms with Crippen LogP contribution in [0.4, 0.5) is 0 Å². The van der Waals surface area contributed by atoms with Gasteiger partial charge in [-0.2, -0.15) is 0 Å². The van der Waals surface area contributed by atoms with E-state index in [1.807, 2.05) is 97.9 Å². The third-order valence-electron chi connectivity index (χ3n) is 5.36. The highest BCUT2D eigenvalue weighted by molar-refractivity contribution is 5.88. The molecule has 1 N–H and O–H groups in total. The molecule has 0 spiro atoms. The van der Waals surface area contributed by atoms with Crippen LogP contribution in [0.25, 0.3) is 0 Å². The van der Waals surface area contributed by atoms with Crippen LogP contribution < -0.4 is 10.1 Å². The van der Waals surface area contributed by atoms with Crippen molar-refractivity contribution >= 4 is 11.8 Å².